The van der Waals surface area contributed by atoms with E-state index in [1.165, 1.54) is 0 Å². The predicted octanol–water partition coefficient (Wildman–Crippen LogP) is 2.63. The van der Waals surface area contributed by atoms with Crippen molar-refractivity contribution in [3.8, 4) is 6.07 Å². The van der Waals surface area contributed by atoms with Crippen molar-refractivity contribution in [1.29, 1.82) is 5.26 Å². The Labute approximate surface area is 110 Å². The van der Waals surface area contributed by atoms with Gasteiger partial charge in [0.2, 0.25) is 0 Å². The molecule has 0 aliphatic carbocycles. The summed E-state index contributed by atoms with van der Waals surface area (Å²) in [6.07, 6.45) is 0. The highest BCUT2D eigenvalue weighted by Gasteiger charge is 2.25. The molecule has 0 aromatic heterocycles. The number of amides is 1. The van der Waals surface area contributed by atoms with Crippen LogP contribution in [0.2, 0.25) is 0 Å². The molecule has 0 unspecified atom stereocenters. The molecule has 2 aromatic carbocycles. The fourth-order valence-electron chi connectivity index (χ4n) is 2.00. The van der Waals surface area contributed by atoms with Crippen LogP contribution in [0.15, 0.2) is 53.5 Å². The van der Waals surface area contributed by atoms with Crippen LogP contribution in [0, 0.1) is 11.3 Å². The number of fused-ring (bicyclic) bond motifs is 1. The number of carbonyl (C=O) groups excluding carboxylic acids is 1. The van der Waals surface area contributed by atoms with Crippen LogP contribution in [-0.4, -0.2) is 11.6 Å². The molecule has 4 nitrogen and oxygen atoms in total. The minimum atomic E-state index is -0.242. The molecule has 4 heteroatoms. The van der Waals surface area contributed by atoms with Gasteiger partial charge in [0.05, 0.1) is 16.9 Å². The summed E-state index contributed by atoms with van der Waals surface area (Å²) in [6.45, 7) is 0. The lowest BCUT2D eigenvalue weighted by Crippen LogP contribution is -2.13. The van der Waals surface area contributed by atoms with Gasteiger partial charge < -0.3 is 5.32 Å². The first-order valence-corrected chi connectivity index (χ1v) is 5.78. The number of anilines is 1. The number of aliphatic imine (C=N–C) groups is 1. The normalized spacial score (nSPS) is 14.9. The van der Waals surface area contributed by atoms with E-state index < -0.39 is 0 Å². The molecule has 90 valence electrons. The highest BCUT2D eigenvalue weighted by Crippen LogP contribution is 2.26. The third-order valence-electron chi connectivity index (χ3n) is 2.90. The molecular weight excluding hydrogens is 238 g/mol. The van der Waals surface area contributed by atoms with Crippen molar-refractivity contribution in [1.82, 2.24) is 0 Å². The third-order valence-corrected chi connectivity index (χ3v) is 2.90. The Kier molecular flexibility index (Phi) is 2.58. The van der Waals surface area contributed by atoms with E-state index in [9.17, 15) is 4.79 Å². The van der Waals surface area contributed by atoms with E-state index in [0.29, 0.717) is 17.0 Å². The lowest BCUT2D eigenvalue weighted by Gasteiger charge is -1.99. The van der Waals surface area contributed by atoms with Gasteiger partial charge in [-0.25, -0.2) is 4.99 Å². The summed E-state index contributed by atoms with van der Waals surface area (Å²) in [7, 11) is 0. The number of para-hydroxylation sites is 2. The Balaban J connectivity index is 2.15. The highest BCUT2D eigenvalue weighted by molar-refractivity contribution is 6.54. The van der Waals surface area contributed by atoms with Gasteiger partial charge in [-0.05, 0) is 18.2 Å². The molecular formula is C15H9N3O. The van der Waals surface area contributed by atoms with E-state index in [2.05, 4.69) is 16.4 Å². The second-order valence-corrected chi connectivity index (χ2v) is 4.09. The van der Waals surface area contributed by atoms with Crippen molar-refractivity contribution in [2.75, 3.05) is 5.32 Å². The summed E-state index contributed by atoms with van der Waals surface area (Å²) in [6, 6.07) is 16.4. The zero-order chi connectivity index (χ0) is 13.2. The van der Waals surface area contributed by atoms with Crippen molar-refractivity contribution in [3.05, 3.63) is 59.7 Å². The van der Waals surface area contributed by atoms with Crippen molar-refractivity contribution in [2.24, 2.45) is 4.99 Å². The summed E-state index contributed by atoms with van der Waals surface area (Å²) in [5.74, 6) is -0.242. The van der Waals surface area contributed by atoms with Crippen LogP contribution >= 0.6 is 0 Å². The maximum absolute atomic E-state index is 11.9. The van der Waals surface area contributed by atoms with E-state index in [1.54, 1.807) is 24.3 Å². The quantitative estimate of drug-likeness (QED) is 0.841. The Morgan fingerprint density at radius 2 is 1.79 bits per heavy atom. The Morgan fingerprint density at radius 3 is 2.63 bits per heavy atom. The summed E-state index contributed by atoms with van der Waals surface area (Å²) < 4.78 is 0. The Morgan fingerprint density at radius 1 is 1.05 bits per heavy atom. The van der Waals surface area contributed by atoms with Crippen molar-refractivity contribution < 1.29 is 4.79 Å². The van der Waals surface area contributed by atoms with Gasteiger partial charge in [0, 0.05) is 5.56 Å². The Hall–Kier alpha value is -2.93. The van der Waals surface area contributed by atoms with Gasteiger partial charge in [-0.1, -0.05) is 30.3 Å². The van der Waals surface area contributed by atoms with Crippen LogP contribution in [-0.2, 0) is 4.79 Å². The number of nitriles is 1. The summed E-state index contributed by atoms with van der Waals surface area (Å²) in [5, 5.41) is 11.8. The van der Waals surface area contributed by atoms with E-state index in [0.717, 1.165) is 11.3 Å². The number of carbonyl (C=O) groups is 1. The molecule has 0 saturated heterocycles. The molecule has 3 rings (SSSR count). The number of nitrogens with one attached hydrogen (secondary N) is 1. The average molecular weight is 247 g/mol. The minimum Gasteiger partial charge on any atom is -0.320 e. The number of hydrogen-bond acceptors (Lipinski definition) is 3. The van der Waals surface area contributed by atoms with Crippen LogP contribution in [0.25, 0.3) is 0 Å². The number of hydrogen-bond donors (Lipinski definition) is 1. The monoisotopic (exact) mass is 247 g/mol. The van der Waals surface area contributed by atoms with E-state index in [4.69, 9.17) is 5.26 Å². The fourth-order valence-corrected chi connectivity index (χ4v) is 2.00. The van der Waals surface area contributed by atoms with Crippen LogP contribution in [0.3, 0.4) is 0 Å². The smallest absolute Gasteiger partial charge is 0.275 e. The molecule has 1 amide bonds. The van der Waals surface area contributed by atoms with Crippen LogP contribution in [0.1, 0.15) is 11.1 Å². The molecule has 0 atom stereocenters. The van der Waals surface area contributed by atoms with E-state index >= 15 is 0 Å². The zero-order valence-corrected chi connectivity index (χ0v) is 9.92. The maximum atomic E-state index is 11.9. The maximum Gasteiger partial charge on any atom is 0.275 e. The molecule has 2 aromatic rings. The third kappa shape index (κ3) is 1.87. The molecule has 0 radical (unpaired) electrons. The Bertz CT molecular complexity index is 741. The minimum absolute atomic E-state index is 0.242. The van der Waals surface area contributed by atoms with Gasteiger partial charge in [-0.3, -0.25) is 4.79 Å². The lowest BCUT2D eigenvalue weighted by molar-refractivity contribution is -0.110. The molecule has 0 fully saturated rings. The standard InChI is InChI=1S/C15H9N3O/c16-9-10-5-1-3-7-12(10)17-14-11-6-2-4-8-13(11)18-15(14)19/h1-8H,(H,17,18,19). The molecule has 0 spiro atoms. The number of rotatable bonds is 1. The first-order chi connectivity index (χ1) is 9.29. The number of benzene rings is 2. The van der Waals surface area contributed by atoms with Crippen LogP contribution in [0.4, 0.5) is 11.4 Å². The van der Waals surface area contributed by atoms with Crippen molar-refractivity contribution >= 4 is 23.0 Å². The molecule has 1 heterocycles. The zero-order valence-electron chi connectivity index (χ0n) is 9.92. The summed E-state index contributed by atoms with van der Waals surface area (Å²) in [4.78, 5) is 16.2. The molecule has 0 saturated carbocycles. The first-order valence-electron chi connectivity index (χ1n) is 5.78. The van der Waals surface area contributed by atoms with Crippen LogP contribution < -0.4 is 5.32 Å². The molecule has 0 bridgehead atoms. The van der Waals surface area contributed by atoms with Crippen LogP contribution in [0.5, 0.6) is 0 Å². The topological polar surface area (TPSA) is 65.2 Å². The molecule has 1 aliphatic heterocycles. The van der Waals surface area contributed by atoms with Gasteiger partial charge in [0.25, 0.3) is 5.91 Å². The highest BCUT2D eigenvalue weighted by atomic mass is 16.2. The fraction of sp³-hybridized carbons (Fsp3) is 0. The average Bonchev–Trinajstić information content (AvgIpc) is 2.76. The first kappa shape index (κ1) is 11.2. The van der Waals surface area contributed by atoms with Crippen molar-refractivity contribution in [2.45, 2.75) is 0 Å². The summed E-state index contributed by atoms with van der Waals surface area (Å²) in [5.41, 5.74) is 2.82. The number of nitrogens with zero attached hydrogens (tertiary/aromatic N) is 2. The predicted molar refractivity (Wildman–Crippen MR) is 72.4 cm³/mol. The van der Waals surface area contributed by atoms with Gasteiger partial charge >= 0.3 is 0 Å². The summed E-state index contributed by atoms with van der Waals surface area (Å²) >= 11 is 0. The molecule has 1 N–H and O–H groups in total. The second kappa shape index (κ2) is 4.39. The lowest BCUT2D eigenvalue weighted by atomic mass is 10.1. The molecule has 1 aliphatic rings. The largest absolute Gasteiger partial charge is 0.320 e. The van der Waals surface area contributed by atoms with Crippen molar-refractivity contribution in [3.63, 3.8) is 0 Å². The SMILES string of the molecule is N#Cc1ccccc1N=C1C(=O)Nc2ccccc21. The van der Waals surface area contributed by atoms with E-state index in [1.807, 2.05) is 24.3 Å². The van der Waals surface area contributed by atoms with Gasteiger partial charge in [-0.15, -0.1) is 0 Å². The second-order valence-electron chi connectivity index (χ2n) is 4.09. The van der Waals surface area contributed by atoms with Gasteiger partial charge in [-0.2, -0.15) is 5.26 Å². The molecule has 19 heavy (non-hydrogen) atoms. The van der Waals surface area contributed by atoms with Gasteiger partial charge in [0.1, 0.15) is 11.8 Å². The van der Waals surface area contributed by atoms with E-state index in [-0.39, 0.29) is 5.91 Å². The van der Waals surface area contributed by atoms with Gasteiger partial charge in [0.15, 0.2) is 0 Å².